The van der Waals surface area contributed by atoms with Gasteiger partial charge >= 0.3 is 0 Å². The second kappa shape index (κ2) is 5.31. The molecule has 1 heterocycles. The summed E-state index contributed by atoms with van der Waals surface area (Å²) in [7, 11) is 0. The van der Waals surface area contributed by atoms with E-state index in [1.165, 1.54) is 11.8 Å². The summed E-state index contributed by atoms with van der Waals surface area (Å²) < 4.78 is 0. The molecule has 0 bridgehead atoms. The molecule has 0 fully saturated rings. The Kier molecular flexibility index (Phi) is 3.57. The minimum absolute atomic E-state index is 0.0869. The van der Waals surface area contributed by atoms with E-state index in [2.05, 4.69) is 10.3 Å². The predicted molar refractivity (Wildman–Crippen MR) is 72.2 cm³/mol. The van der Waals surface area contributed by atoms with E-state index < -0.39 is 0 Å². The Hall–Kier alpha value is -2.36. The summed E-state index contributed by atoms with van der Waals surface area (Å²) in [4.78, 5) is 15.8. The van der Waals surface area contributed by atoms with Crippen LogP contribution in [0.3, 0.4) is 0 Å². The smallest absolute Gasteiger partial charge is 0.229 e. The van der Waals surface area contributed by atoms with E-state index in [0.717, 1.165) is 5.56 Å². The Morgan fingerprint density at radius 3 is 2.56 bits per heavy atom. The zero-order valence-corrected chi connectivity index (χ0v) is 10.2. The number of nitrogens with two attached hydrogens (primary N) is 1. The maximum Gasteiger partial charge on any atom is 0.229 e. The molecule has 3 N–H and O–H groups in total. The highest BCUT2D eigenvalue weighted by Crippen LogP contribution is 2.08. The number of nitrogen functional groups attached to an aromatic ring is 1. The van der Waals surface area contributed by atoms with Gasteiger partial charge in [0.25, 0.3) is 0 Å². The highest BCUT2D eigenvalue weighted by Gasteiger charge is 2.04. The Balaban J connectivity index is 1.96. The van der Waals surface area contributed by atoms with Gasteiger partial charge in [0.15, 0.2) is 0 Å². The molecule has 4 heteroatoms. The molecule has 0 unspecified atom stereocenters. The number of hydrogen-bond acceptors (Lipinski definition) is 3. The Bertz CT molecular complexity index is 482. The maximum absolute atomic E-state index is 11.8. The molecule has 0 saturated heterocycles. The molecule has 0 spiro atoms. The van der Waals surface area contributed by atoms with Gasteiger partial charge in [-0.3, -0.25) is 4.79 Å². The number of aryl methyl sites for hydroxylation is 1. The molecule has 0 aliphatic heterocycles. The molecule has 2 aromatic rings. The van der Waals surface area contributed by atoms with Crippen LogP contribution in [-0.4, -0.2) is 10.9 Å². The normalized spacial score (nSPS) is 10.1. The van der Waals surface area contributed by atoms with Crippen molar-refractivity contribution >= 4 is 17.4 Å². The van der Waals surface area contributed by atoms with Crippen LogP contribution in [0, 0.1) is 6.92 Å². The number of carbonyl (C=O) groups is 1. The first-order valence-corrected chi connectivity index (χ1v) is 5.70. The van der Waals surface area contributed by atoms with Crippen LogP contribution in [0.1, 0.15) is 11.1 Å². The fourth-order valence-electron chi connectivity index (χ4n) is 1.56. The molecule has 0 radical (unpaired) electrons. The zero-order chi connectivity index (χ0) is 13.0. The van der Waals surface area contributed by atoms with Gasteiger partial charge in [-0.1, -0.05) is 29.8 Å². The summed E-state index contributed by atoms with van der Waals surface area (Å²) in [5.74, 6) is 0.428. The molecule has 2 rings (SSSR count). The number of benzene rings is 1. The average molecular weight is 241 g/mol. The number of aromatic nitrogens is 1. The van der Waals surface area contributed by atoms with Gasteiger partial charge in [-0.15, -0.1) is 0 Å². The molecular formula is C14H15N3O. The van der Waals surface area contributed by atoms with Gasteiger partial charge in [0.1, 0.15) is 5.82 Å². The zero-order valence-electron chi connectivity index (χ0n) is 10.2. The monoisotopic (exact) mass is 241 g/mol. The summed E-state index contributed by atoms with van der Waals surface area (Å²) in [5, 5.41) is 2.73. The number of carbonyl (C=O) groups excluding carboxylic acids is 1. The van der Waals surface area contributed by atoms with E-state index in [0.29, 0.717) is 17.9 Å². The average Bonchev–Trinajstić information content (AvgIpc) is 2.35. The molecule has 1 aromatic carbocycles. The van der Waals surface area contributed by atoms with Crippen LogP contribution >= 0.6 is 0 Å². The summed E-state index contributed by atoms with van der Waals surface area (Å²) in [6, 6.07) is 11.3. The van der Waals surface area contributed by atoms with Crippen LogP contribution in [0.4, 0.5) is 11.5 Å². The molecule has 1 aromatic heterocycles. The first-order valence-electron chi connectivity index (χ1n) is 5.70. The van der Waals surface area contributed by atoms with E-state index in [1.807, 2.05) is 31.2 Å². The van der Waals surface area contributed by atoms with Crippen molar-refractivity contribution in [1.29, 1.82) is 0 Å². The Morgan fingerprint density at radius 1 is 1.22 bits per heavy atom. The molecule has 0 atom stereocenters. The molecule has 0 saturated carbocycles. The van der Waals surface area contributed by atoms with Crippen molar-refractivity contribution < 1.29 is 4.79 Å². The van der Waals surface area contributed by atoms with Gasteiger partial charge in [0.05, 0.1) is 18.3 Å². The molecule has 1 amide bonds. The van der Waals surface area contributed by atoms with Crippen LogP contribution in [0.2, 0.25) is 0 Å². The van der Waals surface area contributed by atoms with Gasteiger partial charge in [-0.05, 0) is 24.6 Å². The standard InChI is InChI=1S/C14H15N3O/c1-10-2-4-11(5-3-10)8-14(18)17-13-7-6-12(15)9-16-13/h2-7,9H,8,15H2,1H3,(H,16,17,18). The fraction of sp³-hybridized carbons (Fsp3) is 0.143. The van der Waals surface area contributed by atoms with Crippen molar-refractivity contribution in [1.82, 2.24) is 4.98 Å². The maximum atomic E-state index is 11.8. The van der Waals surface area contributed by atoms with Crippen LogP contribution in [0.15, 0.2) is 42.6 Å². The second-order valence-corrected chi connectivity index (χ2v) is 4.19. The lowest BCUT2D eigenvalue weighted by molar-refractivity contribution is -0.115. The SMILES string of the molecule is Cc1ccc(CC(=O)Nc2ccc(N)cn2)cc1. The van der Waals surface area contributed by atoms with Crippen LogP contribution in [0.25, 0.3) is 0 Å². The van der Waals surface area contributed by atoms with Crippen molar-refractivity contribution in [3.63, 3.8) is 0 Å². The molecule has 92 valence electrons. The first kappa shape index (κ1) is 12.1. The van der Waals surface area contributed by atoms with Crippen molar-refractivity contribution in [2.24, 2.45) is 0 Å². The van der Waals surface area contributed by atoms with Gasteiger partial charge < -0.3 is 11.1 Å². The van der Waals surface area contributed by atoms with Crippen molar-refractivity contribution in [3.05, 3.63) is 53.7 Å². The second-order valence-electron chi connectivity index (χ2n) is 4.19. The van der Waals surface area contributed by atoms with Crippen LogP contribution in [-0.2, 0) is 11.2 Å². The number of rotatable bonds is 3. The number of anilines is 2. The van der Waals surface area contributed by atoms with Crippen molar-refractivity contribution in [2.75, 3.05) is 11.1 Å². The highest BCUT2D eigenvalue weighted by molar-refractivity contribution is 5.91. The molecular weight excluding hydrogens is 226 g/mol. The third-order valence-corrected chi connectivity index (χ3v) is 2.54. The topological polar surface area (TPSA) is 68.0 Å². The van der Waals surface area contributed by atoms with Gasteiger partial charge in [0.2, 0.25) is 5.91 Å². The highest BCUT2D eigenvalue weighted by atomic mass is 16.1. The summed E-state index contributed by atoms with van der Waals surface area (Å²) in [6.45, 7) is 2.02. The fourth-order valence-corrected chi connectivity index (χ4v) is 1.56. The number of nitrogens with zero attached hydrogens (tertiary/aromatic N) is 1. The number of amides is 1. The summed E-state index contributed by atoms with van der Waals surface area (Å²) >= 11 is 0. The molecule has 18 heavy (non-hydrogen) atoms. The first-order chi connectivity index (χ1) is 8.63. The minimum Gasteiger partial charge on any atom is -0.397 e. The van der Waals surface area contributed by atoms with Crippen molar-refractivity contribution in [3.8, 4) is 0 Å². The van der Waals surface area contributed by atoms with Crippen LogP contribution < -0.4 is 11.1 Å². The third kappa shape index (κ3) is 3.31. The largest absolute Gasteiger partial charge is 0.397 e. The van der Waals surface area contributed by atoms with E-state index in [4.69, 9.17) is 5.73 Å². The lowest BCUT2D eigenvalue weighted by Crippen LogP contribution is -2.15. The lowest BCUT2D eigenvalue weighted by atomic mass is 10.1. The van der Waals surface area contributed by atoms with Gasteiger partial charge in [-0.25, -0.2) is 4.98 Å². The van der Waals surface area contributed by atoms with E-state index in [-0.39, 0.29) is 5.91 Å². The van der Waals surface area contributed by atoms with Crippen molar-refractivity contribution in [2.45, 2.75) is 13.3 Å². The quantitative estimate of drug-likeness (QED) is 0.865. The van der Waals surface area contributed by atoms with E-state index in [9.17, 15) is 4.79 Å². The van der Waals surface area contributed by atoms with Crippen LogP contribution in [0.5, 0.6) is 0 Å². The predicted octanol–water partition coefficient (Wildman–Crippen LogP) is 2.15. The molecule has 4 nitrogen and oxygen atoms in total. The third-order valence-electron chi connectivity index (χ3n) is 2.54. The van der Waals surface area contributed by atoms with E-state index in [1.54, 1.807) is 12.1 Å². The minimum atomic E-state index is -0.0869. The molecule has 0 aliphatic carbocycles. The summed E-state index contributed by atoms with van der Waals surface area (Å²) in [5.41, 5.74) is 8.26. The Labute approximate surface area is 106 Å². The number of pyridine rings is 1. The Morgan fingerprint density at radius 2 is 1.94 bits per heavy atom. The lowest BCUT2D eigenvalue weighted by Gasteiger charge is -2.05. The number of hydrogen-bond donors (Lipinski definition) is 2. The number of nitrogens with one attached hydrogen (secondary N) is 1. The van der Waals surface area contributed by atoms with Gasteiger partial charge in [-0.2, -0.15) is 0 Å². The summed E-state index contributed by atoms with van der Waals surface area (Å²) in [6.07, 6.45) is 1.85. The van der Waals surface area contributed by atoms with E-state index >= 15 is 0 Å². The van der Waals surface area contributed by atoms with Gasteiger partial charge in [0, 0.05) is 0 Å². The molecule has 0 aliphatic rings.